The van der Waals surface area contributed by atoms with Crippen molar-refractivity contribution in [3.05, 3.63) is 33.8 Å². The Morgan fingerprint density at radius 3 is 2.44 bits per heavy atom. The van der Waals surface area contributed by atoms with Crippen LogP contribution in [-0.2, 0) is 10.7 Å². The van der Waals surface area contributed by atoms with Gasteiger partial charge in [0.15, 0.2) is 0 Å². The van der Waals surface area contributed by atoms with E-state index in [9.17, 15) is 13.6 Å². The fourth-order valence-corrected chi connectivity index (χ4v) is 1.31. The van der Waals surface area contributed by atoms with Crippen LogP contribution in [-0.4, -0.2) is 13.0 Å². The molecule has 0 atom stereocenters. The van der Waals surface area contributed by atoms with Crippen LogP contribution in [0.1, 0.15) is 5.56 Å². The molecule has 7 heteroatoms. The molecule has 0 spiro atoms. The lowest BCUT2D eigenvalue weighted by Crippen LogP contribution is -2.44. The highest BCUT2D eigenvalue weighted by molar-refractivity contribution is 6.42. The number of nitrogens with one attached hydrogen (secondary N) is 2. The number of rotatable bonds is 3. The van der Waals surface area contributed by atoms with Gasteiger partial charge in [-0.3, -0.25) is 10.2 Å². The van der Waals surface area contributed by atoms with Gasteiger partial charge in [0.2, 0.25) is 0 Å². The second kappa shape index (κ2) is 4.95. The number of hydrogen-bond donors (Lipinski definition) is 2. The maximum atomic E-state index is 13.5. The van der Waals surface area contributed by atoms with Crippen molar-refractivity contribution in [1.82, 2.24) is 10.9 Å². The molecule has 0 unspecified atom stereocenters. The molecule has 0 aliphatic carbocycles. The molecule has 2 N–H and O–H groups in total. The zero-order valence-corrected chi connectivity index (χ0v) is 9.66. The van der Waals surface area contributed by atoms with Crippen molar-refractivity contribution < 1.29 is 13.6 Å². The molecule has 1 amide bonds. The van der Waals surface area contributed by atoms with Crippen LogP contribution in [0.3, 0.4) is 0 Å². The number of halogens is 4. The van der Waals surface area contributed by atoms with E-state index in [-0.39, 0.29) is 10.0 Å². The van der Waals surface area contributed by atoms with E-state index in [4.69, 9.17) is 23.2 Å². The molecule has 0 radical (unpaired) electrons. The highest BCUT2D eigenvalue weighted by atomic mass is 35.5. The fourth-order valence-electron chi connectivity index (χ4n) is 1.01. The van der Waals surface area contributed by atoms with Crippen molar-refractivity contribution in [2.24, 2.45) is 0 Å². The first-order valence-electron chi connectivity index (χ1n) is 4.20. The molecular weight excluding hydrogens is 261 g/mol. The summed E-state index contributed by atoms with van der Waals surface area (Å²) >= 11 is 11.2. The molecule has 0 aliphatic heterocycles. The average molecular weight is 269 g/mol. The monoisotopic (exact) mass is 268 g/mol. The van der Waals surface area contributed by atoms with Crippen molar-refractivity contribution in [2.45, 2.75) is 5.92 Å². The van der Waals surface area contributed by atoms with Crippen molar-refractivity contribution in [1.29, 1.82) is 0 Å². The van der Waals surface area contributed by atoms with E-state index in [0.717, 1.165) is 12.1 Å². The van der Waals surface area contributed by atoms with E-state index in [1.54, 1.807) is 5.43 Å². The highest BCUT2D eigenvalue weighted by Gasteiger charge is 2.41. The van der Waals surface area contributed by atoms with E-state index in [2.05, 4.69) is 5.43 Å². The summed E-state index contributed by atoms with van der Waals surface area (Å²) in [5, 5.41) is 0.117. The predicted octanol–water partition coefficient (Wildman–Crippen LogP) is 2.34. The van der Waals surface area contributed by atoms with Crippen molar-refractivity contribution in [2.75, 3.05) is 7.05 Å². The lowest BCUT2D eigenvalue weighted by atomic mass is 10.1. The van der Waals surface area contributed by atoms with E-state index < -0.39 is 17.4 Å². The van der Waals surface area contributed by atoms with Crippen LogP contribution in [0.5, 0.6) is 0 Å². The molecule has 0 bridgehead atoms. The van der Waals surface area contributed by atoms with Gasteiger partial charge in [-0.2, -0.15) is 8.78 Å². The molecule has 3 nitrogen and oxygen atoms in total. The van der Waals surface area contributed by atoms with E-state index in [0.29, 0.717) is 0 Å². The minimum atomic E-state index is -3.67. The predicted molar refractivity (Wildman–Crippen MR) is 57.6 cm³/mol. The molecule has 88 valence electrons. The molecule has 0 fully saturated rings. The third-order valence-corrected chi connectivity index (χ3v) is 2.54. The van der Waals surface area contributed by atoms with Gasteiger partial charge in [-0.15, -0.1) is 0 Å². The van der Waals surface area contributed by atoms with Gasteiger partial charge in [0.1, 0.15) is 0 Å². The first-order chi connectivity index (χ1) is 7.39. The van der Waals surface area contributed by atoms with Gasteiger partial charge in [-0.1, -0.05) is 29.3 Å². The zero-order valence-electron chi connectivity index (χ0n) is 8.15. The molecule has 0 heterocycles. The maximum Gasteiger partial charge on any atom is 0.351 e. The van der Waals surface area contributed by atoms with Crippen LogP contribution < -0.4 is 10.9 Å². The zero-order chi connectivity index (χ0) is 12.3. The van der Waals surface area contributed by atoms with Gasteiger partial charge in [-0.25, -0.2) is 5.43 Å². The lowest BCUT2D eigenvalue weighted by molar-refractivity contribution is -0.148. The Morgan fingerprint density at radius 1 is 1.31 bits per heavy atom. The lowest BCUT2D eigenvalue weighted by Gasteiger charge is -2.16. The SMILES string of the molecule is CNNC(=O)C(F)(F)c1ccc(Cl)c(Cl)c1. The van der Waals surface area contributed by atoms with Gasteiger partial charge >= 0.3 is 11.8 Å². The van der Waals surface area contributed by atoms with Crippen LogP contribution >= 0.6 is 23.2 Å². The third kappa shape index (κ3) is 2.61. The van der Waals surface area contributed by atoms with Crippen LogP contribution in [0.25, 0.3) is 0 Å². The summed E-state index contributed by atoms with van der Waals surface area (Å²) in [4.78, 5) is 11.1. The fraction of sp³-hybridized carbons (Fsp3) is 0.222. The standard InChI is InChI=1S/C9H8Cl2F2N2O/c1-14-15-8(16)9(12,13)5-2-3-6(10)7(11)4-5/h2-4,14H,1H3,(H,15,16). The van der Waals surface area contributed by atoms with E-state index >= 15 is 0 Å². The number of hydrazine groups is 1. The summed E-state index contributed by atoms with van der Waals surface area (Å²) in [7, 11) is 1.31. The minimum absolute atomic E-state index is 0.0314. The summed E-state index contributed by atoms with van der Waals surface area (Å²) in [5.74, 6) is -5.13. The summed E-state index contributed by atoms with van der Waals surface area (Å²) in [6.07, 6.45) is 0. The summed E-state index contributed by atoms with van der Waals surface area (Å²) < 4.78 is 27.0. The molecule has 1 aromatic rings. The third-order valence-electron chi connectivity index (χ3n) is 1.81. The molecule has 0 saturated heterocycles. The van der Waals surface area contributed by atoms with Crippen molar-refractivity contribution in [3.63, 3.8) is 0 Å². The molecule has 0 aromatic heterocycles. The summed E-state index contributed by atoms with van der Waals surface area (Å²) in [6.45, 7) is 0. The Morgan fingerprint density at radius 2 is 1.94 bits per heavy atom. The van der Waals surface area contributed by atoms with E-state index in [1.807, 2.05) is 0 Å². The maximum absolute atomic E-state index is 13.5. The van der Waals surface area contributed by atoms with Gasteiger partial charge in [0, 0.05) is 12.6 Å². The second-order valence-corrected chi connectivity index (χ2v) is 3.72. The normalized spacial score (nSPS) is 11.3. The topological polar surface area (TPSA) is 41.1 Å². The van der Waals surface area contributed by atoms with Gasteiger partial charge in [-0.05, 0) is 12.1 Å². The Balaban J connectivity index is 3.06. The molecule has 16 heavy (non-hydrogen) atoms. The Hall–Kier alpha value is -0.910. The number of amides is 1. The minimum Gasteiger partial charge on any atom is -0.286 e. The first kappa shape index (κ1) is 13.2. The molecule has 1 aromatic carbocycles. The number of carbonyl (C=O) groups is 1. The average Bonchev–Trinajstić information content (AvgIpc) is 2.22. The first-order valence-corrected chi connectivity index (χ1v) is 4.95. The van der Waals surface area contributed by atoms with Crippen LogP contribution in [0.15, 0.2) is 18.2 Å². The van der Waals surface area contributed by atoms with Crippen molar-refractivity contribution >= 4 is 29.1 Å². The largest absolute Gasteiger partial charge is 0.351 e. The highest BCUT2D eigenvalue weighted by Crippen LogP contribution is 2.32. The van der Waals surface area contributed by atoms with Gasteiger partial charge < -0.3 is 0 Å². The number of benzene rings is 1. The molecular formula is C9H8Cl2F2N2O. The summed E-state index contributed by atoms with van der Waals surface area (Å²) in [6, 6.07) is 3.21. The van der Waals surface area contributed by atoms with Crippen LogP contribution in [0.2, 0.25) is 10.0 Å². The Bertz CT molecular complexity index is 412. The van der Waals surface area contributed by atoms with Crippen LogP contribution in [0, 0.1) is 0 Å². The van der Waals surface area contributed by atoms with Crippen LogP contribution in [0.4, 0.5) is 8.78 Å². The molecule has 1 rings (SSSR count). The van der Waals surface area contributed by atoms with Gasteiger partial charge in [0.25, 0.3) is 0 Å². The number of hydrogen-bond acceptors (Lipinski definition) is 2. The second-order valence-electron chi connectivity index (χ2n) is 2.91. The van der Waals surface area contributed by atoms with Crippen molar-refractivity contribution in [3.8, 4) is 0 Å². The Kier molecular flexibility index (Phi) is 4.07. The number of alkyl halides is 2. The number of carbonyl (C=O) groups excluding carboxylic acids is 1. The Labute approximate surface area is 101 Å². The molecule has 0 saturated carbocycles. The molecule has 0 aliphatic rings. The quantitative estimate of drug-likeness (QED) is 0.827. The van der Waals surface area contributed by atoms with E-state index in [1.165, 1.54) is 13.1 Å². The summed E-state index contributed by atoms with van der Waals surface area (Å²) in [5.41, 5.74) is 3.42. The van der Waals surface area contributed by atoms with Gasteiger partial charge in [0.05, 0.1) is 10.0 Å². The smallest absolute Gasteiger partial charge is 0.286 e.